The van der Waals surface area contributed by atoms with Crippen LogP contribution in [0, 0.1) is 0 Å². The number of para-hydroxylation sites is 2. The third-order valence-electron chi connectivity index (χ3n) is 2.99. The van der Waals surface area contributed by atoms with E-state index >= 15 is 0 Å². The minimum Gasteiger partial charge on any atom is -0.326 e. The second-order valence-electron chi connectivity index (χ2n) is 4.87. The van der Waals surface area contributed by atoms with Crippen LogP contribution in [0.15, 0.2) is 48.5 Å². The Morgan fingerprint density at radius 2 is 1.09 bits per heavy atom. The maximum absolute atomic E-state index is 11.2. The number of anilines is 2. The number of amides is 2. The van der Waals surface area contributed by atoms with Crippen LogP contribution < -0.4 is 10.6 Å². The predicted octanol–water partition coefficient (Wildman–Crippen LogP) is 3.77. The lowest BCUT2D eigenvalue weighted by atomic mass is 10.1. The summed E-state index contributed by atoms with van der Waals surface area (Å²) in [7, 11) is 0. The van der Waals surface area contributed by atoms with Crippen LogP contribution in [0.2, 0.25) is 0 Å². The Balaban J connectivity index is 2.29. The Morgan fingerprint density at radius 3 is 1.45 bits per heavy atom. The van der Waals surface area contributed by atoms with Crippen molar-refractivity contribution in [3.8, 4) is 0 Å². The summed E-state index contributed by atoms with van der Waals surface area (Å²) < 4.78 is 0. The topological polar surface area (TPSA) is 58.2 Å². The molecule has 0 radical (unpaired) electrons. The summed E-state index contributed by atoms with van der Waals surface area (Å²) >= 11 is 0. The highest BCUT2D eigenvalue weighted by Crippen LogP contribution is 2.21. The second kappa shape index (κ2) is 7.22. The molecule has 0 saturated carbocycles. The van der Waals surface area contributed by atoms with Gasteiger partial charge >= 0.3 is 0 Å². The van der Waals surface area contributed by atoms with E-state index in [-0.39, 0.29) is 11.8 Å². The number of carbonyl (C=O) groups excluding carboxylic acids is 2. The quantitative estimate of drug-likeness (QED) is 0.843. The molecule has 4 heteroatoms. The van der Waals surface area contributed by atoms with Crippen LogP contribution in [0.5, 0.6) is 0 Å². The Kier molecular flexibility index (Phi) is 5.09. The summed E-state index contributed by atoms with van der Waals surface area (Å²) in [5, 5.41) is 5.59. The van der Waals surface area contributed by atoms with Crippen LogP contribution in [0.4, 0.5) is 11.4 Å². The molecule has 4 nitrogen and oxygen atoms in total. The van der Waals surface area contributed by atoms with E-state index in [9.17, 15) is 9.59 Å². The molecule has 0 unspecified atom stereocenters. The van der Waals surface area contributed by atoms with Gasteiger partial charge in [-0.1, -0.05) is 48.6 Å². The van der Waals surface area contributed by atoms with Gasteiger partial charge in [-0.15, -0.1) is 0 Å². The lowest BCUT2D eigenvalue weighted by Gasteiger charge is -2.08. The zero-order valence-electron chi connectivity index (χ0n) is 12.6. The van der Waals surface area contributed by atoms with Crippen molar-refractivity contribution < 1.29 is 9.59 Å². The fraction of sp³-hybridized carbons (Fsp3) is 0.111. The SMILES string of the molecule is CC(=O)Nc1ccccc1/C=C\c1ccccc1NC(C)=O. The van der Waals surface area contributed by atoms with Crippen LogP contribution in [0.1, 0.15) is 25.0 Å². The smallest absolute Gasteiger partial charge is 0.221 e. The van der Waals surface area contributed by atoms with Gasteiger partial charge in [0.2, 0.25) is 11.8 Å². The van der Waals surface area contributed by atoms with Crippen molar-refractivity contribution in [2.45, 2.75) is 13.8 Å². The molecule has 0 atom stereocenters. The molecule has 0 aliphatic rings. The molecule has 2 aromatic rings. The van der Waals surface area contributed by atoms with Gasteiger partial charge in [-0.25, -0.2) is 0 Å². The Bertz CT molecular complexity index is 659. The van der Waals surface area contributed by atoms with Crippen LogP contribution in [0.25, 0.3) is 12.2 Å². The summed E-state index contributed by atoms with van der Waals surface area (Å²) in [6.07, 6.45) is 3.82. The van der Waals surface area contributed by atoms with Gasteiger partial charge in [0.1, 0.15) is 0 Å². The second-order valence-corrected chi connectivity index (χ2v) is 4.87. The van der Waals surface area contributed by atoms with Crippen molar-refractivity contribution in [2.24, 2.45) is 0 Å². The molecule has 0 aliphatic heterocycles. The molecule has 0 spiro atoms. The number of hydrogen-bond acceptors (Lipinski definition) is 2. The van der Waals surface area contributed by atoms with Gasteiger partial charge in [-0.05, 0) is 23.3 Å². The lowest BCUT2D eigenvalue weighted by Crippen LogP contribution is -2.07. The van der Waals surface area contributed by atoms with E-state index < -0.39 is 0 Å². The summed E-state index contributed by atoms with van der Waals surface area (Å²) in [5.74, 6) is -0.223. The van der Waals surface area contributed by atoms with Crippen molar-refractivity contribution in [2.75, 3.05) is 10.6 Å². The zero-order valence-corrected chi connectivity index (χ0v) is 12.6. The predicted molar refractivity (Wildman–Crippen MR) is 90.4 cm³/mol. The molecule has 2 aromatic carbocycles. The lowest BCUT2D eigenvalue weighted by molar-refractivity contribution is -0.115. The molecule has 0 aliphatic carbocycles. The summed E-state index contributed by atoms with van der Waals surface area (Å²) in [6, 6.07) is 15.1. The fourth-order valence-corrected chi connectivity index (χ4v) is 2.07. The number of hydrogen-bond donors (Lipinski definition) is 2. The molecule has 22 heavy (non-hydrogen) atoms. The summed E-state index contributed by atoms with van der Waals surface area (Å²) in [5.41, 5.74) is 3.30. The highest BCUT2D eigenvalue weighted by atomic mass is 16.2. The first-order chi connectivity index (χ1) is 10.6. The average molecular weight is 294 g/mol. The van der Waals surface area contributed by atoms with Gasteiger partial charge in [0.05, 0.1) is 0 Å². The first-order valence-corrected chi connectivity index (χ1v) is 6.97. The van der Waals surface area contributed by atoms with Gasteiger partial charge in [-0.3, -0.25) is 9.59 Å². The van der Waals surface area contributed by atoms with Crippen LogP contribution in [-0.4, -0.2) is 11.8 Å². The van der Waals surface area contributed by atoms with Crippen LogP contribution >= 0.6 is 0 Å². The largest absolute Gasteiger partial charge is 0.326 e. The summed E-state index contributed by atoms with van der Waals surface area (Å²) in [6.45, 7) is 2.96. The molecule has 0 bridgehead atoms. The van der Waals surface area contributed by atoms with Crippen molar-refractivity contribution >= 4 is 35.3 Å². The molecule has 2 amide bonds. The van der Waals surface area contributed by atoms with Crippen molar-refractivity contribution in [3.05, 3.63) is 59.7 Å². The number of rotatable bonds is 4. The first kappa shape index (κ1) is 15.5. The molecule has 0 heterocycles. The number of carbonyl (C=O) groups is 2. The monoisotopic (exact) mass is 294 g/mol. The van der Waals surface area contributed by atoms with Gasteiger partial charge in [0.15, 0.2) is 0 Å². The first-order valence-electron chi connectivity index (χ1n) is 6.97. The van der Waals surface area contributed by atoms with Crippen LogP contribution in [-0.2, 0) is 9.59 Å². The van der Waals surface area contributed by atoms with Crippen molar-refractivity contribution in [1.29, 1.82) is 0 Å². The number of benzene rings is 2. The Labute approximate surface area is 129 Å². The molecular formula is C18H18N2O2. The van der Waals surface area contributed by atoms with Gasteiger partial charge in [0.25, 0.3) is 0 Å². The average Bonchev–Trinajstić information content (AvgIpc) is 2.46. The van der Waals surface area contributed by atoms with Crippen molar-refractivity contribution in [1.82, 2.24) is 0 Å². The zero-order chi connectivity index (χ0) is 15.9. The molecule has 2 N–H and O–H groups in total. The van der Waals surface area contributed by atoms with E-state index in [0.717, 1.165) is 22.5 Å². The van der Waals surface area contributed by atoms with E-state index in [0.29, 0.717) is 0 Å². The van der Waals surface area contributed by atoms with Gasteiger partial charge < -0.3 is 10.6 Å². The molecule has 112 valence electrons. The van der Waals surface area contributed by atoms with E-state index in [1.54, 1.807) is 0 Å². The highest BCUT2D eigenvalue weighted by molar-refractivity contribution is 5.94. The summed E-state index contributed by atoms with van der Waals surface area (Å²) in [4.78, 5) is 22.5. The third-order valence-corrected chi connectivity index (χ3v) is 2.99. The molecule has 0 saturated heterocycles. The third kappa shape index (κ3) is 4.31. The molecule has 2 rings (SSSR count). The standard InChI is InChI=1S/C18H18N2O2/c1-13(21)19-17-9-5-3-7-15(17)11-12-16-8-4-6-10-18(16)20-14(2)22/h3-12H,1-2H3,(H,19,21)(H,20,22)/b12-11-. The maximum Gasteiger partial charge on any atom is 0.221 e. The minimum atomic E-state index is -0.112. The normalized spacial score (nSPS) is 10.5. The maximum atomic E-state index is 11.2. The highest BCUT2D eigenvalue weighted by Gasteiger charge is 2.02. The van der Waals surface area contributed by atoms with E-state index in [1.807, 2.05) is 60.7 Å². The van der Waals surface area contributed by atoms with Gasteiger partial charge in [-0.2, -0.15) is 0 Å². The molecular weight excluding hydrogens is 276 g/mol. The van der Waals surface area contributed by atoms with E-state index in [2.05, 4.69) is 10.6 Å². The van der Waals surface area contributed by atoms with Crippen LogP contribution in [0.3, 0.4) is 0 Å². The van der Waals surface area contributed by atoms with E-state index in [1.165, 1.54) is 13.8 Å². The number of nitrogens with one attached hydrogen (secondary N) is 2. The molecule has 0 aromatic heterocycles. The van der Waals surface area contributed by atoms with E-state index in [4.69, 9.17) is 0 Å². The minimum absolute atomic E-state index is 0.112. The van der Waals surface area contributed by atoms with Gasteiger partial charge in [0, 0.05) is 25.2 Å². The fourth-order valence-electron chi connectivity index (χ4n) is 2.07. The Morgan fingerprint density at radius 1 is 0.727 bits per heavy atom. The Hall–Kier alpha value is -2.88. The van der Waals surface area contributed by atoms with Crippen molar-refractivity contribution in [3.63, 3.8) is 0 Å². The molecule has 0 fully saturated rings.